The summed E-state index contributed by atoms with van der Waals surface area (Å²) in [4.78, 5) is 0. The van der Waals surface area contributed by atoms with Crippen LogP contribution in [0.1, 0.15) is 6.85 Å². The maximum absolute atomic E-state index is 8.45. The predicted octanol–water partition coefficient (Wildman–Crippen LogP) is 12.0. The molecule has 1 nitrogen and oxygen atoms in total. The second-order valence-electron chi connectivity index (χ2n) is 10.9. The van der Waals surface area contributed by atoms with Crippen molar-refractivity contribution in [3.63, 3.8) is 0 Å². The minimum atomic E-state index is -0.406. The van der Waals surface area contributed by atoms with E-state index in [1.54, 1.807) is 12.1 Å². The van der Waals surface area contributed by atoms with E-state index in [-0.39, 0.29) is 29.7 Å². The summed E-state index contributed by atoms with van der Waals surface area (Å²) in [5.41, 5.74) is 6.56. The van der Waals surface area contributed by atoms with E-state index in [0.717, 1.165) is 32.7 Å². The van der Waals surface area contributed by atoms with Crippen LogP contribution in [0.3, 0.4) is 0 Å². The van der Waals surface area contributed by atoms with Gasteiger partial charge >= 0.3 is 0 Å². The van der Waals surface area contributed by atoms with Gasteiger partial charge in [-0.15, -0.1) is 0 Å². The van der Waals surface area contributed by atoms with E-state index < -0.39 is 6.04 Å². The summed E-state index contributed by atoms with van der Waals surface area (Å²) < 4.78 is 47.6. The average Bonchev–Trinajstić information content (AvgIpc) is 3.49. The molecule has 0 N–H and O–H groups in total. The number of fused-ring (bicyclic) bond motifs is 6. The van der Waals surface area contributed by atoms with E-state index in [0.29, 0.717) is 16.7 Å². The summed E-state index contributed by atoms with van der Waals surface area (Å²) in [5.74, 6) is 0. The Morgan fingerprint density at radius 2 is 0.930 bits per heavy atom. The minimum absolute atomic E-state index is 0.160. The molecule has 0 aliphatic carbocycles. The van der Waals surface area contributed by atoms with Crippen molar-refractivity contribution >= 4 is 54.3 Å². The highest BCUT2D eigenvalue weighted by Crippen LogP contribution is 2.46. The molecule has 9 rings (SSSR count). The molecular weight excluding hydrogens is 520 g/mol. The Labute approximate surface area is 256 Å². The molecule has 1 aromatic heterocycles. The van der Waals surface area contributed by atoms with Gasteiger partial charge in [0.15, 0.2) is 0 Å². The van der Waals surface area contributed by atoms with Crippen molar-refractivity contribution in [3.05, 3.63) is 158 Å². The topological polar surface area (TPSA) is 13.1 Å². The minimum Gasteiger partial charge on any atom is -0.456 e. The Balaban J connectivity index is 1.27. The first-order valence-electron chi connectivity index (χ1n) is 16.9. The molecule has 0 aliphatic heterocycles. The second kappa shape index (κ2) is 9.44. The van der Waals surface area contributed by atoms with Crippen molar-refractivity contribution in [2.75, 3.05) is 0 Å². The first-order valence-corrected chi connectivity index (χ1v) is 14.4. The summed E-state index contributed by atoms with van der Waals surface area (Å²) >= 11 is 0. The van der Waals surface area contributed by atoms with E-state index >= 15 is 0 Å². The first kappa shape index (κ1) is 19.5. The number of furan rings is 1. The monoisotopic (exact) mass is 551 g/mol. The van der Waals surface area contributed by atoms with Crippen LogP contribution in [-0.2, 0) is 0 Å². The zero-order chi connectivity index (χ0) is 32.7. The smallest absolute Gasteiger partial charge is 0.136 e. The van der Waals surface area contributed by atoms with Crippen molar-refractivity contribution in [1.82, 2.24) is 0 Å². The lowest BCUT2D eigenvalue weighted by Gasteiger charge is -2.18. The highest BCUT2D eigenvalue weighted by Gasteiger charge is 2.19. The Bertz CT molecular complexity index is 2700. The summed E-state index contributed by atoms with van der Waals surface area (Å²) in [5, 5.41) is 8.92. The number of hydrogen-bond acceptors (Lipinski definition) is 1. The summed E-state index contributed by atoms with van der Waals surface area (Å²) in [6.45, 7) is 0. The standard InChI is InChI=1S/C42H26O/c1-2-11-27(12-3-1)29-21-23-32-33-24-22-30(26-40(33)43-39(32)25-29)41-35-16-6-8-18-37(35)42(38-19-9-7-17-36(38)41)34-20-10-14-28-13-4-5-15-31(28)34/h1-26H/i1D,2D,3D,11D,12D. The van der Waals surface area contributed by atoms with Crippen LogP contribution >= 0.6 is 0 Å². The van der Waals surface area contributed by atoms with Gasteiger partial charge in [0, 0.05) is 10.8 Å². The van der Waals surface area contributed by atoms with Crippen molar-refractivity contribution in [3.8, 4) is 33.4 Å². The molecule has 0 amide bonds. The van der Waals surface area contributed by atoms with Crippen LogP contribution in [0.5, 0.6) is 0 Å². The maximum Gasteiger partial charge on any atom is 0.136 e. The second-order valence-corrected chi connectivity index (χ2v) is 10.9. The van der Waals surface area contributed by atoms with E-state index in [9.17, 15) is 0 Å². The predicted molar refractivity (Wildman–Crippen MR) is 183 cm³/mol. The average molecular weight is 552 g/mol. The van der Waals surface area contributed by atoms with Gasteiger partial charge in [0.05, 0.1) is 6.85 Å². The van der Waals surface area contributed by atoms with Crippen LogP contribution in [0, 0.1) is 0 Å². The number of rotatable bonds is 3. The molecule has 1 heteroatoms. The third kappa shape index (κ3) is 3.72. The Hall–Kier alpha value is -5.66. The van der Waals surface area contributed by atoms with E-state index in [4.69, 9.17) is 11.3 Å². The highest BCUT2D eigenvalue weighted by molar-refractivity contribution is 6.24. The van der Waals surface area contributed by atoms with Gasteiger partial charge in [0.1, 0.15) is 11.2 Å². The molecule has 0 atom stereocenters. The summed E-state index contributed by atoms with van der Waals surface area (Å²) in [6.07, 6.45) is 0. The van der Waals surface area contributed by atoms with Crippen LogP contribution in [-0.4, -0.2) is 0 Å². The van der Waals surface area contributed by atoms with Crippen molar-refractivity contribution in [1.29, 1.82) is 0 Å². The van der Waals surface area contributed by atoms with Gasteiger partial charge in [0.2, 0.25) is 0 Å². The Kier molecular flexibility index (Phi) is 4.27. The molecule has 1 heterocycles. The van der Waals surface area contributed by atoms with Gasteiger partial charge in [0.25, 0.3) is 0 Å². The molecule has 9 aromatic rings. The van der Waals surface area contributed by atoms with E-state index in [1.807, 2.05) is 6.07 Å². The highest BCUT2D eigenvalue weighted by atomic mass is 16.3. The third-order valence-corrected chi connectivity index (χ3v) is 8.54. The van der Waals surface area contributed by atoms with Gasteiger partial charge in [-0.25, -0.2) is 0 Å². The van der Waals surface area contributed by atoms with Gasteiger partial charge in [-0.2, -0.15) is 0 Å². The molecule has 200 valence electrons. The molecule has 0 unspecified atom stereocenters. The lowest BCUT2D eigenvalue weighted by molar-refractivity contribution is 0.669. The van der Waals surface area contributed by atoms with Crippen LogP contribution in [0.2, 0.25) is 0 Å². The van der Waals surface area contributed by atoms with Crippen LogP contribution in [0.15, 0.2) is 162 Å². The van der Waals surface area contributed by atoms with Gasteiger partial charge in [-0.1, -0.05) is 133 Å². The molecule has 0 radical (unpaired) electrons. The molecule has 0 fully saturated rings. The normalized spacial score (nSPS) is 13.3. The zero-order valence-electron chi connectivity index (χ0n) is 28.0. The van der Waals surface area contributed by atoms with Crippen LogP contribution in [0.4, 0.5) is 0 Å². The number of benzene rings is 8. The zero-order valence-corrected chi connectivity index (χ0v) is 23.0. The number of hydrogen-bond donors (Lipinski definition) is 0. The summed E-state index contributed by atoms with van der Waals surface area (Å²) in [6, 6.07) is 42.5. The van der Waals surface area contributed by atoms with Gasteiger partial charge in [-0.05, 0) is 90.0 Å². The molecule has 0 aliphatic rings. The third-order valence-electron chi connectivity index (χ3n) is 8.54. The van der Waals surface area contributed by atoms with E-state index in [1.165, 1.54) is 32.7 Å². The molecule has 43 heavy (non-hydrogen) atoms. The fraction of sp³-hybridized carbons (Fsp3) is 0. The summed E-state index contributed by atoms with van der Waals surface area (Å²) in [7, 11) is 0. The van der Waals surface area contributed by atoms with Crippen molar-refractivity contribution < 1.29 is 11.3 Å². The van der Waals surface area contributed by atoms with Crippen LogP contribution < -0.4 is 0 Å². The Morgan fingerprint density at radius 1 is 0.395 bits per heavy atom. The van der Waals surface area contributed by atoms with E-state index in [2.05, 4.69) is 109 Å². The van der Waals surface area contributed by atoms with Crippen molar-refractivity contribution in [2.45, 2.75) is 0 Å². The molecule has 0 saturated carbocycles. The van der Waals surface area contributed by atoms with Gasteiger partial charge < -0.3 is 4.42 Å². The molecular formula is C42H26O. The van der Waals surface area contributed by atoms with Gasteiger partial charge in [-0.3, -0.25) is 0 Å². The first-order chi connectivity index (χ1) is 23.4. The van der Waals surface area contributed by atoms with Crippen molar-refractivity contribution in [2.24, 2.45) is 0 Å². The molecule has 0 bridgehead atoms. The lowest BCUT2D eigenvalue weighted by Crippen LogP contribution is -1.91. The SMILES string of the molecule is [2H]c1c([2H])c([2H])c(-c2ccc3c(c2)oc2cc(-c4c5ccccc5c(-c5cccc6ccccc56)c5ccccc45)ccc23)c([2H])c1[2H]. The maximum atomic E-state index is 8.45. The fourth-order valence-corrected chi connectivity index (χ4v) is 6.66. The molecule has 0 saturated heterocycles. The lowest BCUT2D eigenvalue weighted by atomic mass is 9.84. The Morgan fingerprint density at radius 3 is 1.60 bits per heavy atom. The largest absolute Gasteiger partial charge is 0.456 e. The van der Waals surface area contributed by atoms with Crippen LogP contribution in [0.25, 0.3) is 87.6 Å². The fourth-order valence-electron chi connectivity index (χ4n) is 6.66. The quantitative estimate of drug-likeness (QED) is 0.199. The molecule has 8 aromatic carbocycles. The molecule has 0 spiro atoms.